The summed E-state index contributed by atoms with van der Waals surface area (Å²) in [6, 6.07) is 19.0. The minimum absolute atomic E-state index is 0.174. The molecule has 8 nitrogen and oxygen atoms in total. The lowest BCUT2D eigenvalue weighted by Crippen LogP contribution is -2.54. The molecule has 4 amide bonds. The van der Waals surface area contributed by atoms with Gasteiger partial charge >= 0.3 is 6.03 Å². The van der Waals surface area contributed by atoms with Crippen molar-refractivity contribution in [1.29, 1.82) is 0 Å². The summed E-state index contributed by atoms with van der Waals surface area (Å²) in [6.07, 6.45) is 2.30. The number of rotatable bonds is 10. The fraction of sp³-hybridized carbons (Fsp3) is 0.207. The normalized spacial score (nSPS) is 14.4. The second-order valence-corrected chi connectivity index (χ2v) is 9.50. The first kappa shape index (κ1) is 27.2. The zero-order valence-corrected chi connectivity index (χ0v) is 23.2. The summed E-state index contributed by atoms with van der Waals surface area (Å²) in [5.74, 6) is 0.191. The van der Waals surface area contributed by atoms with Crippen molar-refractivity contribution < 1.29 is 28.6 Å². The third-order valence-electron chi connectivity index (χ3n) is 5.54. The number of urea groups is 1. The van der Waals surface area contributed by atoms with Crippen molar-refractivity contribution in [1.82, 2.24) is 5.32 Å². The summed E-state index contributed by atoms with van der Waals surface area (Å²) in [5.41, 5.74) is 1.72. The Morgan fingerprint density at radius 3 is 2.34 bits per heavy atom. The third kappa shape index (κ3) is 6.34. The number of nitrogens with zero attached hydrogens (tertiary/aromatic N) is 1. The zero-order valence-electron chi connectivity index (χ0n) is 21.0. The summed E-state index contributed by atoms with van der Waals surface area (Å²) in [4.78, 5) is 39.5. The molecule has 0 radical (unpaired) electrons. The number of anilines is 1. The van der Waals surface area contributed by atoms with Gasteiger partial charge in [-0.05, 0) is 89.5 Å². The van der Waals surface area contributed by atoms with E-state index in [1.54, 1.807) is 36.4 Å². The van der Waals surface area contributed by atoms with E-state index in [2.05, 4.69) is 27.9 Å². The second kappa shape index (κ2) is 12.6. The number of nitrogens with one attached hydrogen (secondary N) is 1. The van der Waals surface area contributed by atoms with Crippen LogP contribution in [0.5, 0.6) is 17.2 Å². The molecule has 196 valence electrons. The van der Waals surface area contributed by atoms with Gasteiger partial charge in [-0.1, -0.05) is 37.3 Å². The van der Waals surface area contributed by atoms with E-state index in [-0.39, 0.29) is 5.57 Å². The van der Waals surface area contributed by atoms with Crippen LogP contribution in [0.1, 0.15) is 31.4 Å². The molecule has 9 heteroatoms. The van der Waals surface area contributed by atoms with Gasteiger partial charge in [0.05, 0.1) is 22.5 Å². The Balaban J connectivity index is 1.61. The molecule has 3 aromatic rings. The molecule has 3 aromatic carbocycles. The molecule has 0 atom stereocenters. The van der Waals surface area contributed by atoms with Gasteiger partial charge in [0.25, 0.3) is 11.8 Å². The fourth-order valence-corrected chi connectivity index (χ4v) is 4.56. The third-order valence-corrected chi connectivity index (χ3v) is 6.34. The smallest absolute Gasteiger partial charge is 0.335 e. The van der Waals surface area contributed by atoms with E-state index in [1.807, 2.05) is 44.2 Å². The van der Waals surface area contributed by atoms with Crippen molar-refractivity contribution in [2.75, 3.05) is 18.1 Å². The van der Waals surface area contributed by atoms with E-state index < -0.39 is 17.8 Å². The number of imide groups is 2. The highest BCUT2D eigenvalue weighted by Crippen LogP contribution is 2.36. The molecular weight excluding hydrogens is 599 g/mol. The quantitative estimate of drug-likeness (QED) is 0.176. The molecule has 1 aliphatic rings. The molecule has 0 saturated carbocycles. The van der Waals surface area contributed by atoms with Gasteiger partial charge in [-0.25, -0.2) is 9.69 Å². The van der Waals surface area contributed by atoms with E-state index in [9.17, 15) is 14.4 Å². The summed E-state index contributed by atoms with van der Waals surface area (Å²) >= 11 is 2.13. The lowest BCUT2D eigenvalue weighted by Gasteiger charge is -2.26. The SMILES string of the molecule is CCCOc1ccc(N2C(=O)NC(=O)/C(=C/c3cc(I)c(OCc4ccccc4)c(OCC)c3)C2=O)cc1. The number of carbonyl (C=O) groups is 3. The molecule has 0 spiro atoms. The predicted octanol–water partition coefficient (Wildman–Crippen LogP) is 5.72. The standard InChI is InChI=1S/C29H27IN2O6/c1-3-14-37-22-12-10-21(11-13-22)32-28(34)23(27(33)31-29(32)35)15-20-16-24(30)26(25(17-20)36-4-2)38-18-19-8-6-5-7-9-19/h5-13,15-17H,3-4,14,18H2,1-2H3,(H,31,33,35)/b23-15-. The van der Waals surface area contributed by atoms with Gasteiger partial charge in [-0.2, -0.15) is 0 Å². The molecule has 0 aromatic heterocycles. The number of carbonyl (C=O) groups excluding carboxylic acids is 3. The molecule has 4 rings (SSSR count). The minimum atomic E-state index is -0.811. The molecule has 0 aliphatic carbocycles. The monoisotopic (exact) mass is 626 g/mol. The Kier molecular flexibility index (Phi) is 9.01. The number of barbiturate groups is 1. The summed E-state index contributed by atoms with van der Waals surface area (Å²) < 4.78 is 18.2. The summed E-state index contributed by atoms with van der Waals surface area (Å²) in [6.45, 7) is 5.18. The number of benzene rings is 3. The lowest BCUT2D eigenvalue weighted by atomic mass is 10.1. The van der Waals surface area contributed by atoms with E-state index in [4.69, 9.17) is 14.2 Å². The number of amides is 4. The van der Waals surface area contributed by atoms with E-state index in [0.29, 0.717) is 48.3 Å². The Labute approximate surface area is 234 Å². The number of halogens is 1. The zero-order chi connectivity index (χ0) is 27.1. The Morgan fingerprint density at radius 1 is 0.921 bits per heavy atom. The summed E-state index contributed by atoms with van der Waals surface area (Å²) in [7, 11) is 0. The van der Waals surface area contributed by atoms with Crippen LogP contribution in [-0.2, 0) is 16.2 Å². The van der Waals surface area contributed by atoms with Gasteiger partial charge in [0.15, 0.2) is 11.5 Å². The number of hydrogen-bond acceptors (Lipinski definition) is 6. The van der Waals surface area contributed by atoms with Crippen molar-refractivity contribution in [2.24, 2.45) is 0 Å². The van der Waals surface area contributed by atoms with Gasteiger partial charge in [0, 0.05) is 0 Å². The van der Waals surface area contributed by atoms with Crippen molar-refractivity contribution in [3.63, 3.8) is 0 Å². The van der Waals surface area contributed by atoms with E-state index in [1.165, 1.54) is 6.08 Å². The highest BCUT2D eigenvalue weighted by atomic mass is 127. The molecule has 0 bridgehead atoms. The van der Waals surface area contributed by atoms with Gasteiger partial charge in [0.1, 0.15) is 17.9 Å². The van der Waals surface area contributed by atoms with E-state index >= 15 is 0 Å². The average molecular weight is 626 g/mol. The number of ether oxygens (including phenoxy) is 3. The molecule has 1 heterocycles. The van der Waals surface area contributed by atoms with Crippen molar-refractivity contribution in [3.8, 4) is 17.2 Å². The maximum Gasteiger partial charge on any atom is 0.335 e. The maximum atomic E-state index is 13.3. The largest absolute Gasteiger partial charge is 0.494 e. The van der Waals surface area contributed by atoms with Crippen LogP contribution in [0.4, 0.5) is 10.5 Å². The van der Waals surface area contributed by atoms with Crippen LogP contribution in [0.2, 0.25) is 0 Å². The topological polar surface area (TPSA) is 94.2 Å². The van der Waals surface area contributed by atoms with Crippen LogP contribution in [0.25, 0.3) is 6.08 Å². The summed E-state index contributed by atoms with van der Waals surface area (Å²) in [5, 5.41) is 2.25. The Morgan fingerprint density at radius 2 is 1.66 bits per heavy atom. The van der Waals surface area contributed by atoms with Crippen LogP contribution in [0.3, 0.4) is 0 Å². The van der Waals surface area contributed by atoms with Gasteiger partial charge in [-0.15, -0.1) is 0 Å². The molecule has 1 N–H and O–H groups in total. The van der Waals surface area contributed by atoms with Crippen molar-refractivity contribution >= 4 is 52.2 Å². The van der Waals surface area contributed by atoms with Crippen LogP contribution in [0, 0.1) is 3.57 Å². The van der Waals surface area contributed by atoms with Crippen LogP contribution in [0.15, 0.2) is 72.3 Å². The first-order valence-corrected chi connectivity index (χ1v) is 13.3. The molecular formula is C29H27IN2O6. The average Bonchev–Trinajstić information content (AvgIpc) is 2.91. The predicted molar refractivity (Wildman–Crippen MR) is 152 cm³/mol. The minimum Gasteiger partial charge on any atom is -0.494 e. The first-order chi connectivity index (χ1) is 18.4. The number of hydrogen-bond donors (Lipinski definition) is 1. The van der Waals surface area contributed by atoms with Crippen LogP contribution >= 0.6 is 22.6 Å². The van der Waals surface area contributed by atoms with Crippen molar-refractivity contribution in [2.45, 2.75) is 26.9 Å². The molecule has 1 fully saturated rings. The maximum absolute atomic E-state index is 13.3. The second-order valence-electron chi connectivity index (χ2n) is 8.34. The highest BCUT2D eigenvalue weighted by Gasteiger charge is 2.37. The van der Waals surface area contributed by atoms with E-state index in [0.717, 1.165) is 20.5 Å². The fourth-order valence-electron chi connectivity index (χ4n) is 3.77. The van der Waals surface area contributed by atoms with Gasteiger partial charge in [-0.3, -0.25) is 14.9 Å². The molecule has 38 heavy (non-hydrogen) atoms. The molecule has 0 unspecified atom stereocenters. The Hall–Kier alpha value is -3.86. The van der Waals surface area contributed by atoms with Crippen LogP contribution in [-0.4, -0.2) is 31.1 Å². The molecule has 1 saturated heterocycles. The lowest BCUT2D eigenvalue weighted by molar-refractivity contribution is -0.122. The van der Waals surface area contributed by atoms with Crippen LogP contribution < -0.4 is 24.4 Å². The highest BCUT2D eigenvalue weighted by molar-refractivity contribution is 14.1. The van der Waals surface area contributed by atoms with Crippen molar-refractivity contribution in [3.05, 3.63) is 87.0 Å². The first-order valence-electron chi connectivity index (χ1n) is 12.2. The Bertz CT molecular complexity index is 1360. The van der Waals surface area contributed by atoms with Gasteiger partial charge in [0.2, 0.25) is 0 Å². The molecule has 1 aliphatic heterocycles. The van der Waals surface area contributed by atoms with Gasteiger partial charge < -0.3 is 14.2 Å².